The highest BCUT2D eigenvalue weighted by Gasteiger charge is 2.41. The molecule has 3 rings (SSSR count). The molecule has 0 aliphatic carbocycles. The molecule has 3 heterocycles. The molecule has 5 nitrogen and oxygen atoms in total. The van der Waals surface area contributed by atoms with Gasteiger partial charge in [0.25, 0.3) is 0 Å². The molecule has 0 aromatic carbocycles. The minimum Gasteiger partial charge on any atom is -0.342 e. The minimum atomic E-state index is 0.179. The van der Waals surface area contributed by atoms with Gasteiger partial charge in [0.05, 0.1) is 0 Å². The Bertz CT molecular complexity index is 634. The number of likely N-dealkylation sites (tertiary alicyclic amines) is 2. The molecule has 2 amide bonds. The lowest BCUT2D eigenvalue weighted by atomic mass is 9.72. The molecule has 1 aromatic heterocycles. The number of hydrogen-bond donors (Lipinski definition) is 0. The Hall–Kier alpha value is -2.17. The summed E-state index contributed by atoms with van der Waals surface area (Å²) in [6, 6.07) is 3.94. The topological polar surface area (TPSA) is 53.5 Å². The van der Waals surface area contributed by atoms with E-state index in [0.717, 1.165) is 44.5 Å². The Morgan fingerprint density at radius 1 is 1.24 bits per heavy atom. The highest BCUT2D eigenvalue weighted by Crippen LogP contribution is 2.40. The molecule has 0 saturated carbocycles. The van der Waals surface area contributed by atoms with Gasteiger partial charge in [-0.2, -0.15) is 0 Å². The van der Waals surface area contributed by atoms with Crippen LogP contribution in [0.25, 0.3) is 0 Å². The number of pyridine rings is 1. The normalized spacial score (nSPS) is 20.4. The lowest BCUT2D eigenvalue weighted by molar-refractivity contribution is -0.142. The van der Waals surface area contributed by atoms with Crippen molar-refractivity contribution in [1.29, 1.82) is 0 Å². The zero-order valence-electron chi connectivity index (χ0n) is 15.0. The monoisotopic (exact) mass is 341 g/mol. The van der Waals surface area contributed by atoms with Crippen LogP contribution in [0.15, 0.2) is 36.7 Å². The number of nitrogens with zero attached hydrogens (tertiary/aromatic N) is 3. The van der Waals surface area contributed by atoms with E-state index >= 15 is 0 Å². The summed E-state index contributed by atoms with van der Waals surface area (Å²) in [5.41, 5.74) is 1.30. The Balaban J connectivity index is 1.59. The number of allylic oxidation sites excluding steroid dienone is 1. The number of carbonyl (C=O) groups is 2. The molecule has 2 aliphatic rings. The second-order valence-electron chi connectivity index (χ2n) is 7.26. The van der Waals surface area contributed by atoms with Gasteiger partial charge in [0.1, 0.15) is 0 Å². The fourth-order valence-electron chi connectivity index (χ4n) is 3.94. The fourth-order valence-corrected chi connectivity index (χ4v) is 3.94. The summed E-state index contributed by atoms with van der Waals surface area (Å²) in [6.07, 6.45) is 11.4. The van der Waals surface area contributed by atoms with E-state index in [-0.39, 0.29) is 17.2 Å². The van der Waals surface area contributed by atoms with Gasteiger partial charge in [-0.25, -0.2) is 0 Å². The summed E-state index contributed by atoms with van der Waals surface area (Å²) < 4.78 is 0. The molecular weight excluding hydrogens is 314 g/mol. The SMILES string of the molecule is C/C=C/CC(=O)N1CCC2(CCC(=O)N(Cc3ccncc3)C2)CC1. The zero-order chi connectivity index (χ0) is 17.7. The molecule has 0 unspecified atom stereocenters. The van der Waals surface area contributed by atoms with Crippen LogP contribution in [0, 0.1) is 5.41 Å². The average Bonchev–Trinajstić information content (AvgIpc) is 2.64. The number of piperidine rings is 2. The Kier molecular flexibility index (Phi) is 5.51. The minimum absolute atomic E-state index is 0.179. The molecule has 0 radical (unpaired) electrons. The fraction of sp³-hybridized carbons (Fsp3) is 0.550. The van der Waals surface area contributed by atoms with Crippen LogP contribution in [-0.2, 0) is 16.1 Å². The molecule has 0 N–H and O–H groups in total. The van der Waals surface area contributed by atoms with Crippen LogP contribution < -0.4 is 0 Å². The maximum atomic E-state index is 12.4. The van der Waals surface area contributed by atoms with Crippen LogP contribution in [0.2, 0.25) is 0 Å². The van der Waals surface area contributed by atoms with E-state index in [1.54, 1.807) is 12.4 Å². The van der Waals surface area contributed by atoms with Gasteiger partial charge in [0.2, 0.25) is 11.8 Å². The quantitative estimate of drug-likeness (QED) is 0.791. The predicted octanol–water partition coefficient (Wildman–Crippen LogP) is 2.78. The van der Waals surface area contributed by atoms with Gasteiger partial charge in [-0.05, 0) is 49.3 Å². The van der Waals surface area contributed by atoms with Gasteiger partial charge in [0.15, 0.2) is 0 Å². The number of hydrogen-bond acceptors (Lipinski definition) is 3. The summed E-state index contributed by atoms with van der Waals surface area (Å²) in [5.74, 6) is 0.461. The molecular formula is C20H27N3O2. The molecule has 2 aliphatic heterocycles. The third-order valence-corrected chi connectivity index (χ3v) is 5.58. The first-order chi connectivity index (χ1) is 12.1. The van der Waals surface area contributed by atoms with Crippen LogP contribution in [0.5, 0.6) is 0 Å². The van der Waals surface area contributed by atoms with Gasteiger partial charge in [-0.1, -0.05) is 12.2 Å². The summed E-state index contributed by atoms with van der Waals surface area (Å²) in [4.78, 5) is 32.6. The molecule has 2 saturated heterocycles. The molecule has 25 heavy (non-hydrogen) atoms. The molecule has 1 spiro atoms. The first-order valence-corrected chi connectivity index (χ1v) is 9.17. The molecule has 0 atom stereocenters. The van der Waals surface area contributed by atoms with E-state index in [4.69, 9.17) is 0 Å². The summed E-state index contributed by atoms with van der Waals surface area (Å²) in [7, 11) is 0. The van der Waals surface area contributed by atoms with Gasteiger partial charge < -0.3 is 9.80 Å². The Labute approximate surface area is 149 Å². The molecule has 5 heteroatoms. The van der Waals surface area contributed by atoms with Crippen molar-refractivity contribution < 1.29 is 9.59 Å². The largest absolute Gasteiger partial charge is 0.342 e. The first kappa shape index (κ1) is 17.6. The van der Waals surface area contributed by atoms with Crippen molar-refractivity contribution >= 4 is 11.8 Å². The highest BCUT2D eigenvalue weighted by atomic mass is 16.2. The summed E-state index contributed by atoms with van der Waals surface area (Å²) in [6.45, 7) is 5.04. The maximum Gasteiger partial charge on any atom is 0.226 e. The lowest BCUT2D eigenvalue weighted by Crippen LogP contribution is -2.52. The number of aromatic nitrogens is 1. The van der Waals surface area contributed by atoms with Crippen molar-refractivity contribution in [1.82, 2.24) is 14.8 Å². The summed E-state index contributed by atoms with van der Waals surface area (Å²) >= 11 is 0. The van der Waals surface area contributed by atoms with Crippen molar-refractivity contribution in [3.63, 3.8) is 0 Å². The Morgan fingerprint density at radius 3 is 2.64 bits per heavy atom. The van der Waals surface area contributed by atoms with E-state index in [2.05, 4.69) is 4.98 Å². The lowest BCUT2D eigenvalue weighted by Gasteiger charge is -2.47. The van der Waals surface area contributed by atoms with Crippen molar-refractivity contribution in [3.05, 3.63) is 42.2 Å². The van der Waals surface area contributed by atoms with Crippen molar-refractivity contribution in [2.45, 2.75) is 45.6 Å². The van der Waals surface area contributed by atoms with Gasteiger partial charge in [-0.15, -0.1) is 0 Å². The van der Waals surface area contributed by atoms with Crippen molar-refractivity contribution in [2.75, 3.05) is 19.6 Å². The van der Waals surface area contributed by atoms with E-state index in [9.17, 15) is 9.59 Å². The van der Waals surface area contributed by atoms with E-state index in [0.29, 0.717) is 19.4 Å². The average molecular weight is 341 g/mol. The van der Waals surface area contributed by atoms with Crippen LogP contribution in [0.3, 0.4) is 0 Å². The highest BCUT2D eigenvalue weighted by molar-refractivity contribution is 5.78. The van der Waals surface area contributed by atoms with Crippen molar-refractivity contribution in [3.8, 4) is 0 Å². The van der Waals surface area contributed by atoms with E-state index in [1.807, 2.05) is 41.0 Å². The third-order valence-electron chi connectivity index (χ3n) is 5.58. The van der Waals surface area contributed by atoms with Gasteiger partial charge in [-0.3, -0.25) is 14.6 Å². The third kappa shape index (κ3) is 4.27. The standard InChI is InChI=1S/C20H27N3O2/c1-2-3-4-18(24)22-13-9-20(10-14-22)8-5-19(25)23(16-20)15-17-6-11-21-12-7-17/h2-3,6-7,11-12H,4-5,8-10,13-16H2,1H3/b3-2+. The van der Waals surface area contributed by atoms with Crippen LogP contribution in [0.4, 0.5) is 0 Å². The second-order valence-corrected chi connectivity index (χ2v) is 7.26. The molecule has 2 fully saturated rings. The van der Waals surface area contributed by atoms with Crippen LogP contribution in [-0.4, -0.2) is 46.2 Å². The van der Waals surface area contributed by atoms with E-state index in [1.165, 1.54) is 0 Å². The first-order valence-electron chi connectivity index (χ1n) is 9.17. The maximum absolute atomic E-state index is 12.4. The van der Waals surface area contributed by atoms with Crippen LogP contribution in [0.1, 0.15) is 44.6 Å². The van der Waals surface area contributed by atoms with E-state index < -0.39 is 0 Å². The van der Waals surface area contributed by atoms with Gasteiger partial charge in [0, 0.05) is 51.4 Å². The Morgan fingerprint density at radius 2 is 1.96 bits per heavy atom. The molecule has 1 aromatic rings. The number of rotatable bonds is 4. The van der Waals surface area contributed by atoms with Gasteiger partial charge >= 0.3 is 0 Å². The molecule has 134 valence electrons. The smallest absolute Gasteiger partial charge is 0.226 e. The number of amides is 2. The predicted molar refractivity (Wildman–Crippen MR) is 96.6 cm³/mol. The van der Waals surface area contributed by atoms with Crippen molar-refractivity contribution in [2.24, 2.45) is 5.41 Å². The molecule has 0 bridgehead atoms. The zero-order valence-corrected chi connectivity index (χ0v) is 15.0. The summed E-state index contributed by atoms with van der Waals surface area (Å²) in [5, 5.41) is 0. The van der Waals surface area contributed by atoms with Crippen LogP contribution >= 0.6 is 0 Å². The number of carbonyl (C=O) groups excluding carboxylic acids is 2. The second kappa shape index (κ2) is 7.81.